The summed E-state index contributed by atoms with van der Waals surface area (Å²) in [6.45, 7) is 0. The van der Waals surface area contributed by atoms with E-state index in [1.165, 1.54) is 12.1 Å². The molecule has 2 N–H and O–H groups in total. The fourth-order valence-corrected chi connectivity index (χ4v) is 1.35. The summed E-state index contributed by atoms with van der Waals surface area (Å²) in [6.07, 6.45) is 1.04. The molecule has 0 radical (unpaired) electrons. The van der Waals surface area contributed by atoms with E-state index in [-0.39, 0.29) is 16.8 Å². The summed E-state index contributed by atoms with van der Waals surface area (Å²) >= 11 is 0. The van der Waals surface area contributed by atoms with Gasteiger partial charge < -0.3 is 5.11 Å². The van der Waals surface area contributed by atoms with Gasteiger partial charge in [0.25, 0.3) is 0 Å². The number of benzene rings is 1. The van der Waals surface area contributed by atoms with E-state index >= 15 is 0 Å². The summed E-state index contributed by atoms with van der Waals surface area (Å²) in [7, 11) is 0. The van der Waals surface area contributed by atoms with Gasteiger partial charge in [0.1, 0.15) is 5.56 Å². The van der Waals surface area contributed by atoms with Crippen LogP contribution in [-0.4, -0.2) is 21.3 Å². The standard InChI is InChI=1S/C10H6F2N2O2/c11-7-3-1-2-5(8(7)12)9-6(10(15)16)4-13-14-9/h1-4H,(H,13,14)(H,15,16). The minimum absolute atomic E-state index is 0.0514. The number of carboxylic acids is 1. The van der Waals surface area contributed by atoms with Crippen molar-refractivity contribution in [2.45, 2.75) is 0 Å². The van der Waals surface area contributed by atoms with Crippen molar-refractivity contribution < 1.29 is 18.7 Å². The third-order valence-electron chi connectivity index (χ3n) is 2.09. The lowest BCUT2D eigenvalue weighted by Gasteiger charge is -2.02. The van der Waals surface area contributed by atoms with Crippen molar-refractivity contribution >= 4 is 5.97 Å². The summed E-state index contributed by atoms with van der Waals surface area (Å²) < 4.78 is 26.3. The van der Waals surface area contributed by atoms with Crippen LogP contribution in [0.25, 0.3) is 11.3 Å². The van der Waals surface area contributed by atoms with Crippen LogP contribution in [0.2, 0.25) is 0 Å². The van der Waals surface area contributed by atoms with Crippen molar-refractivity contribution in [1.29, 1.82) is 0 Å². The maximum absolute atomic E-state index is 13.4. The minimum atomic E-state index is -1.26. The van der Waals surface area contributed by atoms with Crippen LogP contribution in [0.4, 0.5) is 8.78 Å². The van der Waals surface area contributed by atoms with Crippen LogP contribution in [0, 0.1) is 11.6 Å². The average molecular weight is 224 g/mol. The largest absolute Gasteiger partial charge is 0.478 e. The molecule has 0 bridgehead atoms. The first-order chi connectivity index (χ1) is 7.61. The van der Waals surface area contributed by atoms with Crippen LogP contribution in [0.3, 0.4) is 0 Å². The van der Waals surface area contributed by atoms with E-state index in [9.17, 15) is 13.6 Å². The zero-order chi connectivity index (χ0) is 11.7. The third-order valence-corrected chi connectivity index (χ3v) is 2.09. The highest BCUT2D eigenvalue weighted by Gasteiger charge is 2.18. The number of rotatable bonds is 2. The summed E-state index contributed by atoms with van der Waals surface area (Å²) in [5, 5.41) is 14.6. The van der Waals surface area contributed by atoms with Crippen LogP contribution in [-0.2, 0) is 0 Å². The van der Waals surface area contributed by atoms with Crippen LogP contribution >= 0.6 is 0 Å². The number of halogens is 2. The lowest BCUT2D eigenvalue weighted by molar-refractivity contribution is 0.0698. The highest BCUT2D eigenvalue weighted by molar-refractivity contribution is 5.94. The van der Waals surface area contributed by atoms with Gasteiger partial charge in [0.05, 0.1) is 11.9 Å². The minimum Gasteiger partial charge on any atom is -0.478 e. The van der Waals surface area contributed by atoms with Gasteiger partial charge in [-0.15, -0.1) is 0 Å². The maximum Gasteiger partial charge on any atom is 0.339 e. The van der Waals surface area contributed by atoms with Gasteiger partial charge in [0, 0.05) is 5.56 Å². The molecule has 0 aliphatic rings. The van der Waals surface area contributed by atoms with E-state index < -0.39 is 17.6 Å². The molecule has 0 fully saturated rings. The fraction of sp³-hybridized carbons (Fsp3) is 0. The number of H-pyrrole nitrogens is 1. The normalized spacial score (nSPS) is 10.4. The van der Waals surface area contributed by atoms with Crippen molar-refractivity contribution in [1.82, 2.24) is 10.2 Å². The smallest absolute Gasteiger partial charge is 0.339 e. The second kappa shape index (κ2) is 3.73. The molecule has 6 heteroatoms. The van der Waals surface area contributed by atoms with Crippen molar-refractivity contribution in [3.63, 3.8) is 0 Å². The predicted molar refractivity (Wildman–Crippen MR) is 50.9 cm³/mol. The Labute approximate surface area is 88.5 Å². The number of aromatic carboxylic acids is 1. The molecule has 0 amide bonds. The second-order valence-electron chi connectivity index (χ2n) is 3.07. The first kappa shape index (κ1) is 10.3. The van der Waals surface area contributed by atoms with Gasteiger partial charge in [-0.25, -0.2) is 13.6 Å². The molecule has 0 saturated heterocycles. The van der Waals surface area contributed by atoms with Gasteiger partial charge in [-0.2, -0.15) is 5.10 Å². The van der Waals surface area contributed by atoms with E-state index in [0.717, 1.165) is 12.3 Å². The first-order valence-electron chi connectivity index (χ1n) is 4.32. The van der Waals surface area contributed by atoms with Gasteiger partial charge in [-0.1, -0.05) is 6.07 Å². The molecule has 0 aliphatic heterocycles. The van der Waals surface area contributed by atoms with E-state index in [0.29, 0.717) is 0 Å². The van der Waals surface area contributed by atoms with E-state index in [4.69, 9.17) is 5.11 Å². The summed E-state index contributed by atoms with van der Waals surface area (Å²) in [5.41, 5.74) is -0.413. The van der Waals surface area contributed by atoms with Crippen LogP contribution in [0.5, 0.6) is 0 Å². The topological polar surface area (TPSA) is 66.0 Å². The number of carboxylic acid groups (broad SMARTS) is 1. The molecule has 0 atom stereocenters. The quantitative estimate of drug-likeness (QED) is 0.820. The van der Waals surface area contributed by atoms with Crippen molar-refractivity contribution in [3.05, 3.63) is 41.6 Å². The molecule has 0 spiro atoms. The molecular weight excluding hydrogens is 218 g/mol. The molecule has 0 saturated carbocycles. The van der Waals surface area contributed by atoms with Gasteiger partial charge in [-0.05, 0) is 12.1 Å². The van der Waals surface area contributed by atoms with Gasteiger partial charge in [0.15, 0.2) is 11.6 Å². The number of nitrogens with one attached hydrogen (secondary N) is 1. The molecule has 0 aliphatic carbocycles. The number of hydrogen-bond acceptors (Lipinski definition) is 2. The Kier molecular flexibility index (Phi) is 2.40. The highest BCUT2D eigenvalue weighted by Crippen LogP contribution is 2.25. The molecule has 16 heavy (non-hydrogen) atoms. The third kappa shape index (κ3) is 1.54. The number of carbonyl (C=O) groups is 1. The molecule has 2 aromatic rings. The molecule has 1 aromatic carbocycles. The Morgan fingerprint density at radius 1 is 1.38 bits per heavy atom. The molecule has 4 nitrogen and oxygen atoms in total. The SMILES string of the molecule is O=C(O)c1cn[nH]c1-c1cccc(F)c1F. The molecular formula is C10H6F2N2O2. The van der Waals surface area contributed by atoms with Crippen molar-refractivity contribution in [2.24, 2.45) is 0 Å². The summed E-state index contributed by atoms with van der Waals surface area (Å²) in [6, 6.07) is 3.52. The maximum atomic E-state index is 13.4. The van der Waals surface area contributed by atoms with Gasteiger partial charge in [0.2, 0.25) is 0 Å². The molecule has 0 unspecified atom stereocenters. The van der Waals surface area contributed by atoms with Crippen LogP contribution in [0.1, 0.15) is 10.4 Å². The molecule has 2 rings (SSSR count). The first-order valence-corrected chi connectivity index (χ1v) is 4.32. The van der Waals surface area contributed by atoms with Crippen molar-refractivity contribution in [3.8, 4) is 11.3 Å². The Morgan fingerprint density at radius 2 is 2.12 bits per heavy atom. The lowest BCUT2D eigenvalue weighted by atomic mass is 10.1. The monoisotopic (exact) mass is 224 g/mol. The zero-order valence-electron chi connectivity index (χ0n) is 7.87. The Balaban J connectivity index is 2.63. The summed E-state index contributed by atoms with van der Waals surface area (Å²) in [5.74, 6) is -3.40. The Bertz CT molecular complexity index is 552. The summed E-state index contributed by atoms with van der Waals surface area (Å²) in [4.78, 5) is 10.8. The van der Waals surface area contributed by atoms with E-state index in [1.54, 1.807) is 0 Å². The Morgan fingerprint density at radius 3 is 2.81 bits per heavy atom. The number of aromatic nitrogens is 2. The lowest BCUT2D eigenvalue weighted by Crippen LogP contribution is -1.99. The fourth-order valence-electron chi connectivity index (χ4n) is 1.35. The Hall–Kier alpha value is -2.24. The molecule has 1 heterocycles. The highest BCUT2D eigenvalue weighted by atomic mass is 19.2. The number of nitrogens with zero attached hydrogens (tertiary/aromatic N) is 1. The van der Waals surface area contributed by atoms with Gasteiger partial charge >= 0.3 is 5.97 Å². The van der Waals surface area contributed by atoms with E-state index in [1.807, 2.05) is 0 Å². The van der Waals surface area contributed by atoms with E-state index in [2.05, 4.69) is 10.2 Å². The van der Waals surface area contributed by atoms with Crippen molar-refractivity contribution in [2.75, 3.05) is 0 Å². The van der Waals surface area contributed by atoms with Gasteiger partial charge in [-0.3, -0.25) is 5.10 Å². The van der Waals surface area contributed by atoms with Crippen LogP contribution in [0.15, 0.2) is 24.4 Å². The predicted octanol–water partition coefficient (Wildman–Crippen LogP) is 2.05. The number of hydrogen-bond donors (Lipinski definition) is 2. The number of aromatic amines is 1. The second-order valence-corrected chi connectivity index (χ2v) is 3.07. The zero-order valence-corrected chi connectivity index (χ0v) is 7.87. The van der Waals surface area contributed by atoms with Crippen LogP contribution < -0.4 is 0 Å². The molecule has 82 valence electrons. The molecule has 1 aromatic heterocycles. The average Bonchev–Trinajstić information content (AvgIpc) is 2.70.